The van der Waals surface area contributed by atoms with Crippen LogP contribution in [0.4, 0.5) is 5.13 Å². The first-order valence-electron chi connectivity index (χ1n) is 8.00. The smallest absolute Gasteiger partial charge is 0.226 e. The largest absolute Gasteiger partial charge is 0.302 e. The van der Waals surface area contributed by atoms with Gasteiger partial charge in [0.2, 0.25) is 5.91 Å². The number of hydrogen-bond donors (Lipinski definition) is 1. The fraction of sp³-hybridized carbons (Fsp3) is 0.412. The molecule has 0 fully saturated rings. The first kappa shape index (κ1) is 17.7. The van der Waals surface area contributed by atoms with Crippen LogP contribution in [0.1, 0.15) is 29.5 Å². The molecule has 0 atom stereocenters. The first-order valence-corrected chi connectivity index (χ1v) is 9.57. The lowest BCUT2D eigenvalue weighted by atomic mass is 10.1. The van der Waals surface area contributed by atoms with E-state index in [4.69, 9.17) is 23.2 Å². The minimum Gasteiger partial charge on any atom is -0.302 e. The molecule has 1 amide bonds. The number of thiazole rings is 1. The molecule has 1 aromatic heterocycles. The van der Waals surface area contributed by atoms with Crippen LogP contribution in [0.15, 0.2) is 18.2 Å². The van der Waals surface area contributed by atoms with Gasteiger partial charge in [-0.3, -0.25) is 9.69 Å². The van der Waals surface area contributed by atoms with Gasteiger partial charge in [0.1, 0.15) is 0 Å². The summed E-state index contributed by atoms with van der Waals surface area (Å²) in [5, 5.41) is 4.81. The van der Waals surface area contributed by atoms with Gasteiger partial charge in [-0.25, -0.2) is 4.98 Å². The quantitative estimate of drug-likeness (QED) is 0.831. The fourth-order valence-electron chi connectivity index (χ4n) is 2.73. The van der Waals surface area contributed by atoms with Crippen molar-refractivity contribution in [3.05, 3.63) is 44.4 Å². The van der Waals surface area contributed by atoms with E-state index in [1.54, 1.807) is 23.5 Å². The lowest BCUT2D eigenvalue weighted by Crippen LogP contribution is -2.29. The Hall–Kier alpha value is -1.14. The van der Waals surface area contributed by atoms with Crippen LogP contribution in [0.2, 0.25) is 10.0 Å². The van der Waals surface area contributed by atoms with E-state index in [9.17, 15) is 4.79 Å². The fourth-order valence-corrected chi connectivity index (χ4v) is 4.30. The Labute approximate surface area is 155 Å². The molecule has 0 radical (unpaired) electrons. The molecule has 24 heavy (non-hydrogen) atoms. The summed E-state index contributed by atoms with van der Waals surface area (Å²) in [6, 6.07) is 5.35. The molecule has 0 saturated carbocycles. The molecule has 2 heterocycles. The zero-order valence-corrected chi connectivity index (χ0v) is 15.8. The van der Waals surface area contributed by atoms with E-state index in [-0.39, 0.29) is 5.91 Å². The highest BCUT2D eigenvalue weighted by Gasteiger charge is 2.20. The summed E-state index contributed by atoms with van der Waals surface area (Å²) in [6.45, 7) is 5.17. The van der Waals surface area contributed by atoms with Crippen LogP contribution in [0, 0.1) is 0 Å². The average molecular weight is 384 g/mol. The second kappa shape index (κ2) is 7.83. The van der Waals surface area contributed by atoms with Crippen molar-refractivity contribution < 1.29 is 4.79 Å². The third kappa shape index (κ3) is 4.28. The number of anilines is 1. The molecular formula is C17H19Cl2N3OS. The predicted octanol–water partition coefficient (Wildman–Crippen LogP) is 4.40. The first-order chi connectivity index (χ1) is 11.5. The highest BCUT2D eigenvalue weighted by molar-refractivity contribution is 7.15. The Morgan fingerprint density at radius 1 is 1.42 bits per heavy atom. The molecule has 0 spiro atoms. The Balaban J connectivity index is 1.56. The van der Waals surface area contributed by atoms with Gasteiger partial charge in [0.15, 0.2) is 5.13 Å². The molecule has 1 N–H and O–H groups in total. The summed E-state index contributed by atoms with van der Waals surface area (Å²) >= 11 is 13.6. The maximum absolute atomic E-state index is 12.2. The van der Waals surface area contributed by atoms with Crippen LogP contribution in [-0.2, 0) is 24.2 Å². The van der Waals surface area contributed by atoms with Gasteiger partial charge in [-0.1, -0.05) is 36.2 Å². The molecule has 0 saturated heterocycles. The number of amides is 1. The second-order valence-electron chi connectivity index (χ2n) is 5.79. The van der Waals surface area contributed by atoms with Crippen molar-refractivity contribution in [3.8, 4) is 0 Å². The summed E-state index contributed by atoms with van der Waals surface area (Å²) in [5.74, 6) is -0.0422. The number of rotatable bonds is 5. The average Bonchev–Trinajstić information content (AvgIpc) is 2.95. The normalized spacial score (nSPS) is 14.5. The molecule has 1 aliphatic heterocycles. The number of likely N-dealkylation sites (N-methyl/N-ethyl adjacent to an activating group) is 1. The molecule has 1 aromatic carbocycles. The van der Waals surface area contributed by atoms with Crippen LogP contribution >= 0.6 is 34.5 Å². The number of nitrogens with one attached hydrogen (secondary N) is 1. The zero-order chi connectivity index (χ0) is 17.1. The summed E-state index contributed by atoms with van der Waals surface area (Å²) in [4.78, 5) is 20.4. The molecule has 0 unspecified atom stereocenters. The predicted molar refractivity (Wildman–Crippen MR) is 100 cm³/mol. The topological polar surface area (TPSA) is 45.2 Å². The Bertz CT molecular complexity index is 747. The molecule has 3 rings (SSSR count). The van der Waals surface area contributed by atoms with Crippen molar-refractivity contribution in [1.82, 2.24) is 9.88 Å². The second-order valence-corrected chi connectivity index (χ2v) is 7.72. The van der Waals surface area contributed by atoms with E-state index in [0.29, 0.717) is 28.0 Å². The van der Waals surface area contributed by atoms with Gasteiger partial charge < -0.3 is 5.32 Å². The summed E-state index contributed by atoms with van der Waals surface area (Å²) in [5.41, 5.74) is 2.05. The van der Waals surface area contributed by atoms with Gasteiger partial charge >= 0.3 is 0 Å². The SMILES string of the molecule is CCN1CCc2nc(NC(=O)CCc3ccc(Cl)cc3Cl)sc2C1. The number of halogens is 2. The maximum Gasteiger partial charge on any atom is 0.226 e. The molecule has 1 aliphatic rings. The van der Waals surface area contributed by atoms with E-state index in [1.165, 1.54) is 4.88 Å². The third-order valence-electron chi connectivity index (χ3n) is 4.14. The Morgan fingerprint density at radius 2 is 2.25 bits per heavy atom. The lowest BCUT2D eigenvalue weighted by Gasteiger charge is -2.23. The van der Waals surface area contributed by atoms with Crippen molar-refractivity contribution in [2.75, 3.05) is 18.4 Å². The van der Waals surface area contributed by atoms with E-state index in [0.717, 1.165) is 37.3 Å². The van der Waals surface area contributed by atoms with Gasteiger partial charge in [-0.15, -0.1) is 11.3 Å². The monoisotopic (exact) mass is 383 g/mol. The minimum absolute atomic E-state index is 0.0422. The van der Waals surface area contributed by atoms with E-state index < -0.39 is 0 Å². The van der Waals surface area contributed by atoms with Crippen LogP contribution in [0.5, 0.6) is 0 Å². The molecule has 7 heteroatoms. The number of aromatic nitrogens is 1. The van der Waals surface area contributed by atoms with Crippen LogP contribution in [0.3, 0.4) is 0 Å². The number of benzene rings is 1. The van der Waals surface area contributed by atoms with Gasteiger partial charge in [-0.05, 0) is 30.7 Å². The third-order valence-corrected chi connectivity index (χ3v) is 5.73. The number of fused-ring (bicyclic) bond motifs is 1. The van der Waals surface area contributed by atoms with Gasteiger partial charge in [-0.2, -0.15) is 0 Å². The molecule has 4 nitrogen and oxygen atoms in total. The summed E-state index contributed by atoms with van der Waals surface area (Å²) in [7, 11) is 0. The minimum atomic E-state index is -0.0422. The summed E-state index contributed by atoms with van der Waals surface area (Å²) in [6.07, 6.45) is 1.90. The number of carbonyl (C=O) groups is 1. The van der Waals surface area contributed by atoms with Crippen LogP contribution in [-0.4, -0.2) is 28.9 Å². The number of carbonyl (C=O) groups excluding carboxylic acids is 1. The molecule has 128 valence electrons. The van der Waals surface area contributed by atoms with E-state index >= 15 is 0 Å². The molecule has 0 bridgehead atoms. The van der Waals surface area contributed by atoms with Crippen molar-refractivity contribution in [2.45, 2.75) is 32.7 Å². The van der Waals surface area contributed by atoms with Crippen molar-refractivity contribution >= 4 is 45.6 Å². The zero-order valence-electron chi connectivity index (χ0n) is 13.4. The lowest BCUT2D eigenvalue weighted by molar-refractivity contribution is -0.116. The Morgan fingerprint density at radius 3 is 3.00 bits per heavy atom. The number of nitrogens with zero attached hydrogens (tertiary/aromatic N) is 2. The van der Waals surface area contributed by atoms with Gasteiger partial charge in [0.05, 0.1) is 5.69 Å². The maximum atomic E-state index is 12.2. The van der Waals surface area contributed by atoms with Gasteiger partial charge in [0.25, 0.3) is 0 Å². The highest BCUT2D eigenvalue weighted by Crippen LogP contribution is 2.28. The van der Waals surface area contributed by atoms with Crippen molar-refractivity contribution in [3.63, 3.8) is 0 Å². The van der Waals surface area contributed by atoms with E-state index in [1.807, 2.05) is 6.07 Å². The standard InChI is InChI=1S/C17H19Cl2N3OS/c1-2-22-8-7-14-15(10-22)24-17(20-14)21-16(23)6-4-11-3-5-12(18)9-13(11)19/h3,5,9H,2,4,6-8,10H2,1H3,(H,20,21,23). The number of aryl methyl sites for hydroxylation is 1. The molecule has 0 aliphatic carbocycles. The van der Waals surface area contributed by atoms with Gasteiger partial charge in [0, 0.05) is 40.9 Å². The summed E-state index contributed by atoms with van der Waals surface area (Å²) < 4.78 is 0. The Kier molecular flexibility index (Phi) is 5.76. The van der Waals surface area contributed by atoms with E-state index in [2.05, 4.69) is 22.1 Å². The van der Waals surface area contributed by atoms with Crippen molar-refractivity contribution in [2.24, 2.45) is 0 Å². The van der Waals surface area contributed by atoms with Crippen LogP contribution < -0.4 is 5.32 Å². The number of hydrogen-bond acceptors (Lipinski definition) is 4. The molecular weight excluding hydrogens is 365 g/mol. The van der Waals surface area contributed by atoms with Crippen LogP contribution in [0.25, 0.3) is 0 Å². The van der Waals surface area contributed by atoms with Crippen molar-refractivity contribution in [1.29, 1.82) is 0 Å². The highest BCUT2D eigenvalue weighted by atomic mass is 35.5. The molecule has 2 aromatic rings.